The van der Waals surface area contributed by atoms with Gasteiger partial charge in [-0.15, -0.1) is 0 Å². The van der Waals surface area contributed by atoms with Gasteiger partial charge in [-0.05, 0) is 36.8 Å². The molecule has 2 aromatic rings. The van der Waals surface area contributed by atoms with Crippen molar-refractivity contribution >= 4 is 11.5 Å². The van der Waals surface area contributed by atoms with Crippen LogP contribution in [0.15, 0.2) is 48.5 Å². The number of phenolic OH excluding ortho intramolecular Hbond substituents is 1. The van der Waals surface area contributed by atoms with E-state index < -0.39 is 6.10 Å². The molecule has 2 aromatic carbocycles. The van der Waals surface area contributed by atoms with E-state index >= 15 is 0 Å². The Kier molecular flexibility index (Phi) is 5.73. The van der Waals surface area contributed by atoms with E-state index in [4.69, 9.17) is 5.73 Å². The lowest BCUT2D eigenvalue weighted by Gasteiger charge is -2.20. The fraction of sp³-hybridized carbons (Fsp3) is 0.278. The zero-order valence-corrected chi connectivity index (χ0v) is 13.1. The van der Waals surface area contributed by atoms with Gasteiger partial charge in [-0.3, -0.25) is 4.79 Å². The molecule has 0 aliphatic carbocycles. The summed E-state index contributed by atoms with van der Waals surface area (Å²) in [5.74, 6) is 0.172. The molecule has 0 radical (unpaired) electrons. The van der Waals surface area contributed by atoms with Crippen molar-refractivity contribution in [1.82, 2.24) is 5.32 Å². The van der Waals surface area contributed by atoms with Gasteiger partial charge in [-0.1, -0.05) is 24.3 Å². The number of Topliss-reactive ketones (excluding diaryl/α,β-unsaturated/α-hetero) is 1. The summed E-state index contributed by atoms with van der Waals surface area (Å²) in [7, 11) is 0. The molecule has 5 heteroatoms. The van der Waals surface area contributed by atoms with Crippen molar-refractivity contribution in [2.45, 2.75) is 25.5 Å². The zero-order chi connectivity index (χ0) is 16.8. The third-order valence-corrected chi connectivity index (χ3v) is 3.74. The molecule has 0 aliphatic heterocycles. The summed E-state index contributed by atoms with van der Waals surface area (Å²) in [5, 5.41) is 22.7. The summed E-state index contributed by atoms with van der Waals surface area (Å²) < 4.78 is 0. The highest BCUT2D eigenvalue weighted by atomic mass is 16.3. The molecule has 0 bridgehead atoms. The summed E-state index contributed by atoms with van der Waals surface area (Å²) in [6.07, 6.45) is -0.381. The summed E-state index contributed by atoms with van der Waals surface area (Å²) >= 11 is 0. The van der Waals surface area contributed by atoms with Gasteiger partial charge in [0.05, 0.1) is 6.10 Å². The number of aliphatic hydroxyl groups excluding tert-OH is 1. The van der Waals surface area contributed by atoms with Crippen molar-refractivity contribution in [1.29, 1.82) is 0 Å². The smallest absolute Gasteiger partial charge is 0.164 e. The van der Waals surface area contributed by atoms with E-state index in [1.54, 1.807) is 36.4 Å². The highest BCUT2D eigenvalue weighted by Crippen LogP contribution is 2.19. The van der Waals surface area contributed by atoms with Crippen molar-refractivity contribution in [2.75, 3.05) is 12.3 Å². The van der Waals surface area contributed by atoms with Gasteiger partial charge in [0.25, 0.3) is 0 Å². The Morgan fingerprint density at radius 1 is 1.22 bits per heavy atom. The number of anilines is 1. The molecule has 0 saturated carbocycles. The van der Waals surface area contributed by atoms with E-state index in [2.05, 4.69) is 5.32 Å². The average molecular weight is 314 g/mol. The Balaban J connectivity index is 1.83. The fourth-order valence-electron chi connectivity index (χ4n) is 2.34. The lowest BCUT2D eigenvalue weighted by molar-refractivity contribution is 0.0972. The normalized spacial score (nSPS) is 13.5. The summed E-state index contributed by atoms with van der Waals surface area (Å²) in [4.78, 5) is 12.1. The molecule has 23 heavy (non-hydrogen) atoms. The molecule has 5 N–H and O–H groups in total. The minimum atomic E-state index is -0.710. The van der Waals surface area contributed by atoms with Crippen LogP contribution in [0.4, 0.5) is 5.69 Å². The molecule has 5 nitrogen and oxygen atoms in total. The number of benzene rings is 2. The number of rotatable bonds is 7. The number of carbonyl (C=O) groups excluding carboxylic acids is 1. The highest BCUT2D eigenvalue weighted by molar-refractivity contribution is 5.96. The lowest BCUT2D eigenvalue weighted by Crippen LogP contribution is -2.33. The number of carbonyl (C=O) groups is 1. The van der Waals surface area contributed by atoms with Gasteiger partial charge in [-0.2, -0.15) is 0 Å². The topological polar surface area (TPSA) is 95.6 Å². The zero-order valence-electron chi connectivity index (χ0n) is 13.1. The number of nitrogen functional groups attached to an aromatic ring is 1. The van der Waals surface area contributed by atoms with Crippen LogP contribution in [-0.4, -0.2) is 28.6 Å². The van der Waals surface area contributed by atoms with Crippen LogP contribution < -0.4 is 11.1 Å². The van der Waals surface area contributed by atoms with Gasteiger partial charge in [0.15, 0.2) is 5.78 Å². The van der Waals surface area contributed by atoms with Gasteiger partial charge < -0.3 is 21.3 Å². The van der Waals surface area contributed by atoms with E-state index in [1.807, 2.05) is 6.92 Å². The Labute approximate surface area is 135 Å². The molecule has 0 aromatic heterocycles. The number of phenols is 1. The summed E-state index contributed by atoms with van der Waals surface area (Å²) in [6.45, 7) is 2.31. The van der Waals surface area contributed by atoms with Crippen LogP contribution in [0.1, 0.15) is 35.4 Å². The Morgan fingerprint density at radius 2 is 1.91 bits per heavy atom. The van der Waals surface area contributed by atoms with Gasteiger partial charge in [-0.25, -0.2) is 0 Å². The van der Waals surface area contributed by atoms with Crippen LogP contribution in [0, 0.1) is 0 Å². The molecule has 122 valence electrons. The predicted molar refractivity (Wildman–Crippen MR) is 90.3 cm³/mol. The van der Waals surface area contributed by atoms with Crippen molar-refractivity contribution < 1.29 is 15.0 Å². The Hall–Kier alpha value is -2.37. The maximum Gasteiger partial charge on any atom is 0.164 e. The summed E-state index contributed by atoms with van der Waals surface area (Å²) in [6, 6.07) is 13.1. The highest BCUT2D eigenvalue weighted by Gasteiger charge is 2.16. The number of aromatic hydroxyl groups is 1. The lowest BCUT2D eigenvalue weighted by atomic mass is 10.0. The SMILES string of the molecule is CC(NCCC(=O)c1cccc(N)c1)C(O)c1ccc(O)cc1. The second-order valence-electron chi connectivity index (χ2n) is 5.58. The Bertz CT molecular complexity index is 656. The molecular weight excluding hydrogens is 292 g/mol. The van der Waals surface area contributed by atoms with Crippen molar-refractivity contribution in [3.05, 3.63) is 59.7 Å². The molecule has 0 spiro atoms. The standard InChI is InChI=1S/C18H22N2O3/c1-12(18(23)13-5-7-16(21)8-6-13)20-10-9-17(22)14-3-2-4-15(19)11-14/h2-8,11-12,18,20-21,23H,9-10,19H2,1H3. The van der Waals surface area contributed by atoms with Gasteiger partial charge >= 0.3 is 0 Å². The van der Waals surface area contributed by atoms with Crippen molar-refractivity contribution in [3.63, 3.8) is 0 Å². The predicted octanol–water partition coefficient (Wildman–Crippen LogP) is 2.26. The number of aliphatic hydroxyl groups is 1. The molecule has 2 unspecified atom stereocenters. The first kappa shape index (κ1) is 17.0. The van der Waals surface area contributed by atoms with Gasteiger partial charge in [0.1, 0.15) is 5.75 Å². The molecule has 0 aliphatic rings. The van der Waals surface area contributed by atoms with Crippen LogP contribution in [-0.2, 0) is 0 Å². The molecule has 0 fully saturated rings. The molecule has 2 rings (SSSR count). The number of hydrogen-bond donors (Lipinski definition) is 4. The van der Waals surface area contributed by atoms with Crippen LogP contribution in [0.25, 0.3) is 0 Å². The van der Waals surface area contributed by atoms with Crippen molar-refractivity contribution in [2.24, 2.45) is 0 Å². The van der Waals surface area contributed by atoms with Crippen LogP contribution in [0.3, 0.4) is 0 Å². The first-order valence-corrected chi connectivity index (χ1v) is 7.56. The second kappa shape index (κ2) is 7.76. The summed E-state index contributed by atoms with van der Waals surface area (Å²) in [5.41, 5.74) is 7.55. The van der Waals surface area contributed by atoms with E-state index in [9.17, 15) is 15.0 Å². The van der Waals surface area contributed by atoms with Crippen LogP contribution >= 0.6 is 0 Å². The van der Waals surface area contributed by atoms with Crippen molar-refractivity contribution in [3.8, 4) is 5.75 Å². The minimum absolute atomic E-state index is 0.0103. The largest absolute Gasteiger partial charge is 0.508 e. The van der Waals surface area contributed by atoms with E-state index in [0.717, 1.165) is 0 Å². The molecule has 0 saturated heterocycles. The van der Waals surface area contributed by atoms with E-state index in [-0.39, 0.29) is 17.6 Å². The quantitative estimate of drug-likeness (QED) is 0.464. The van der Waals surface area contributed by atoms with Gasteiger partial charge in [0.2, 0.25) is 0 Å². The monoisotopic (exact) mass is 314 g/mol. The third kappa shape index (κ3) is 4.81. The van der Waals surface area contributed by atoms with Crippen LogP contribution in [0.2, 0.25) is 0 Å². The maximum atomic E-state index is 12.1. The first-order chi connectivity index (χ1) is 11.0. The third-order valence-electron chi connectivity index (χ3n) is 3.74. The second-order valence-corrected chi connectivity index (χ2v) is 5.58. The molecule has 0 amide bonds. The fourth-order valence-corrected chi connectivity index (χ4v) is 2.34. The average Bonchev–Trinajstić information content (AvgIpc) is 2.54. The minimum Gasteiger partial charge on any atom is -0.508 e. The molecular formula is C18H22N2O3. The number of nitrogens with one attached hydrogen (secondary N) is 1. The van der Waals surface area contributed by atoms with Gasteiger partial charge in [0, 0.05) is 30.3 Å². The maximum absolute atomic E-state index is 12.1. The Morgan fingerprint density at radius 3 is 2.57 bits per heavy atom. The first-order valence-electron chi connectivity index (χ1n) is 7.56. The van der Waals surface area contributed by atoms with E-state index in [0.29, 0.717) is 29.8 Å². The van der Waals surface area contributed by atoms with Crippen LogP contribution in [0.5, 0.6) is 5.75 Å². The van der Waals surface area contributed by atoms with E-state index in [1.165, 1.54) is 12.1 Å². The number of nitrogens with two attached hydrogens (primary N) is 1. The molecule has 0 heterocycles. The number of ketones is 1. The number of hydrogen-bond acceptors (Lipinski definition) is 5. The molecule has 2 atom stereocenters.